The van der Waals surface area contributed by atoms with Crippen LogP contribution in [0.15, 0.2) is 18.2 Å². The van der Waals surface area contributed by atoms with Crippen molar-refractivity contribution >= 4 is 10.8 Å². The Morgan fingerprint density at radius 3 is 2.57 bits per heavy atom. The predicted molar refractivity (Wildman–Crippen MR) is 86.6 cm³/mol. The summed E-state index contributed by atoms with van der Waals surface area (Å²) >= 11 is 0. The third-order valence-electron chi connectivity index (χ3n) is 3.49. The number of fused-ring (bicyclic) bond motifs is 1. The molecule has 1 aliphatic heterocycles. The van der Waals surface area contributed by atoms with Crippen LogP contribution in [0, 0.1) is 0 Å². The first-order valence-corrected chi connectivity index (χ1v) is 8.71. The van der Waals surface area contributed by atoms with Crippen molar-refractivity contribution in [3.05, 3.63) is 23.8 Å². The number of benzene rings is 1. The molecule has 1 aliphatic rings. The van der Waals surface area contributed by atoms with E-state index in [0.29, 0.717) is 19.0 Å². The molecule has 0 saturated carbocycles. The van der Waals surface area contributed by atoms with E-state index in [-0.39, 0.29) is 10.8 Å². The van der Waals surface area contributed by atoms with E-state index in [1.165, 1.54) is 0 Å². The molecule has 1 aromatic carbocycles. The van der Waals surface area contributed by atoms with Crippen molar-refractivity contribution in [1.29, 1.82) is 0 Å². The second-order valence-electron chi connectivity index (χ2n) is 6.24. The largest absolute Gasteiger partial charge is 0.486 e. The Labute approximate surface area is 129 Å². The average molecular weight is 311 g/mol. The van der Waals surface area contributed by atoms with Crippen LogP contribution < -0.4 is 14.8 Å². The summed E-state index contributed by atoms with van der Waals surface area (Å²) in [6.07, 6.45) is 0. The van der Waals surface area contributed by atoms with Crippen molar-refractivity contribution in [2.75, 3.05) is 25.5 Å². The highest BCUT2D eigenvalue weighted by Gasteiger charge is 2.19. The maximum atomic E-state index is 12.0. The van der Waals surface area contributed by atoms with E-state index in [0.717, 1.165) is 23.6 Å². The van der Waals surface area contributed by atoms with Crippen LogP contribution in [0.4, 0.5) is 0 Å². The topological polar surface area (TPSA) is 47.6 Å². The van der Waals surface area contributed by atoms with Gasteiger partial charge in [-0.05, 0) is 45.4 Å². The molecule has 0 unspecified atom stereocenters. The zero-order valence-corrected chi connectivity index (χ0v) is 14.1. The van der Waals surface area contributed by atoms with Gasteiger partial charge in [-0.1, -0.05) is 6.07 Å². The molecule has 118 valence electrons. The van der Waals surface area contributed by atoms with Crippen LogP contribution in [0.2, 0.25) is 0 Å². The maximum Gasteiger partial charge on any atom is 0.161 e. The normalized spacial score (nSPS) is 17.3. The summed E-state index contributed by atoms with van der Waals surface area (Å²) in [4.78, 5) is 0. The van der Waals surface area contributed by atoms with Gasteiger partial charge in [0.2, 0.25) is 0 Å². The minimum atomic E-state index is -0.819. The maximum absolute atomic E-state index is 12.0. The molecule has 0 aliphatic carbocycles. The zero-order valence-electron chi connectivity index (χ0n) is 13.3. The molecular formula is C16H25NO3S. The Balaban J connectivity index is 1.89. The molecule has 0 bridgehead atoms. The van der Waals surface area contributed by atoms with Crippen LogP contribution in [0.25, 0.3) is 0 Å². The van der Waals surface area contributed by atoms with Crippen LogP contribution >= 0.6 is 0 Å². The number of hydrogen-bond donors (Lipinski definition) is 1. The minimum absolute atomic E-state index is 0.151. The Morgan fingerprint density at radius 2 is 1.90 bits per heavy atom. The monoisotopic (exact) mass is 311 g/mol. The van der Waals surface area contributed by atoms with E-state index < -0.39 is 10.8 Å². The Hall–Kier alpha value is -1.07. The number of hydrogen-bond acceptors (Lipinski definition) is 4. The molecule has 0 radical (unpaired) electrons. The molecule has 2 atom stereocenters. The molecule has 0 amide bonds. The van der Waals surface area contributed by atoms with Gasteiger partial charge in [0.15, 0.2) is 11.5 Å². The van der Waals surface area contributed by atoms with Gasteiger partial charge in [0, 0.05) is 33.9 Å². The minimum Gasteiger partial charge on any atom is -0.486 e. The molecule has 1 N–H and O–H groups in total. The van der Waals surface area contributed by atoms with Gasteiger partial charge in [-0.3, -0.25) is 4.21 Å². The molecule has 5 heteroatoms. The highest BCUT2D eigenvalue weighted by atomic mass is 32.2. The lowest BCUT2D eigenvalue weighted by Gasteiger charge is -2.22. The van der Waals surface area contributed by atoms with E-state index in [1.54, 1.807) is 0 Å². The SMILES string of the molecule is C[C@H](NCC[S@](=O)C(C)(C)C)c1ccc2c(c1)OCCO2. The van der Waals surface area contributed by atoms with E-state index in [2.05, 4.69) is 12.2 Å². The Kier molecular flexibility index (Phi) is 5.27. The summed E-state index contributed by atoms with van der Waals surface area (Å²) in [7, 11) is -0.819. The summed E-state index contributed by atoms with van der Waals surface area (Å²) in [5.74, 6) is 2.29. The molecule has 1 aromatic rings. The van der Waals surface area contributed by atoms with Crippen molar-refractivity contribution < 1.29 is 13.7 Å². The third kappa shape index (κ3) is 4.45. The van der Waals surface area contributed by atoms with Gasteiger partial charge in [-0.25, -0.2) is 0 Å². The zero-order chi connectivity index (χ0) is 15.5. The molecule has 0 spiro atoms. The van der Waals surface area contributed by atoms with Gasteiger partial charge in [0.05, 0.1) is 0 Å². The molecule has 1 heterocycles. The molecule has 4 nitrogen and oxygen atoms in total. The molecule has 0 fully saturated rings. The highest BCUT2D eigenvalue weighted by Crippen LogP contribution is 2.32. The van der Waals surface area contributed by atoms with Crippen LogP contribution in [0.1, 0.15) is 39.3 Å². The molecule has 0 aromatic heterocycles. The van der Waals surface area contributed by atoms with Crippen molar-refractivity contribution in [1.82, 2.24) is 5.32 Å². The highest BCUT2D eigenvalue weighted by molar-refractivity contribution is 7.86. The molecule has 0 saturated heterocycles. The number of nitrogens with one attached hydrogen (secondary N) is 1. The summed E-state index contributed by atoms with van der Waals surface area (Å²) in [5, 5.41) is 3.42. The number of rotatable bonds is 5. The van der Waals surface area contributed by atoms with Crippen molar-refractivity contribution in [3.8, 4) is 11.5 Å². The van der Waals surface area contributed by atoms with Crippen LogP contribution in [-0.4, -0.2) is 34.5 Å². The first-order chi connectivity index (χ1) is 9.88. The fourth-order valence-corrected chi connectivity index (χ4v) is 3.04. The van der Waals surface area contributed by atoms with Crippen molar-refractivity contribution in [3.63, 3.8) is 0 Å². The average Bonchev–Trinajstić information content (AvgIpc) is 2.45. The summed E-state index contributed by atoms with van der Waals surface area (Å²) in [6, 6.07) is 6.21. The van der Waals surface area contributed by atoms with E-state index in [9.17, 15) is 4.21 Å². The molecular weight excluding hydrogens is 286 g/mol. The van der Waals surface area contributed by atoms with Gasteiger partial charge in [-0.15, -0.1) is 0 Å². The lowest BCUT2D eigenvalue weighted by molar-refractivity contribution is 0.171. The predicted octanol–water partition coefficient (Wildman–Crippen LogP) is 2.66. The summed E-state index contributed by atoms with van der Waals surface area (Å²) in [5.41, 5.74) is 1.15. The summed E-state index contributed by atoms with van der Waals surface area (Å²) in [6.45, 7) is 10.1. The first-order valence-electron chi connectivity index (χ1n) is 7.39. The Morgan fingerprint density at radius 1 is 1.24 bits per heavy atom. The van der Waals surface area contributed by atoms with Crippen molar-refractivity contribution in [2.24, 2.45) is 0 Å². The van der Waals surface area contributed by atoms with Gasteiger partial charge in [0.25, 0.3) is 0 Å². The lowest BCUT2D eigenvalue weighted by atomic mass is 10.1. The van der Waals surface area contributed by atoms with Gasteiger partial charge >= 0.3 is 0 Å². The van der Waals surface area contributed by atoms with E-state index in [1.807, 2.05) is 39.0 Å². The summed E-state index contributed by atoms with van der Waals surface area (Å²) < 4.78 is 23.0. The second-order valence-corrected chi connectivity index (χ2v) is 8.56. The van der Waals surface area contributed by atoms with Crippen LogP contribution in [0.5, 0.6) is 11.5 Å². The van der Waals surface area contributed by atoms with Crippen molar-refractivity contribution in [2.45, 2.75) is 38.5 Å². The fourth-order valence-electron chi connectivity index (χ4n) is 2.12. The standard InChI is InChI=1S/C16H25NO3S/c1-12(17-7-10-21(18)16(2,3)4)13-5-6-14-15(11-13)20-9-8-19-14/h5-6,11-12,17H,7-10H2,1-4H3/t12-,21-/m0/s1. The first kappa shape index (κ1) is 16.3. The van der Waals surface area contributed by atoms with Gasteiger partial charge in [0.1, 0.15) is 13.2 Å². The number of ether oxygens (including phenoxy) is 2. The van der Waals surface area contributed by atoms with Crippen LogP contribution in [0.3, 0.4) is 0 Å². The smallest absolute Gasteiger partial charge is 0.161 e. The van der Waals surface area contributed by atoms with Crippen LogP contribution in [-0.2, 0) is 10.8 Å². The van der Waals surface area contributed by atoms with E-state index in [4.69, 9.17) is 9.47 Å². The fraction of sp³-hybridized carbons (Fsp3) is 0.625. The molecule has 2 rings (SSSR count). The second kappa shape index (κ2) is 6.79. The lowest BCUT2D eigenvalue weighted by Crippen LogP contribution is -2.30. The molecule has 21 heavy (non-hydrogen) atoms. The Bertz CT molecular complexity index is 511. The third-order valence-corrected chi connectivity index (χ3v) is 5.43. The van der Waals surface area contributed by atoms with Gasteiger partial charge in [-0.2, -0.15) is 0 Å². The van der Waals surface area contributed by atoms with Gasteiger partial charge < -0.3 is 14.8 Å². The van der Waals surface area contributed by atoms with E-state index >= 15 is 0 Å². The quantitative estimate of drug-likeness (QED) is 0.908.